The zero-order valence-corrected chi connectivity index (χ0v) is 11.5. The second-order valence-electron chi connectivity index (χ2n) is 4.74. The van der Waals surface area contributed by atoms with Gasteiger partial charge in [-0.25, -0.2) is 4.98 Å². The third-order valence-electron chi connectivity index (χ3n) is 2.37. The highest BCUT2D eigenvalue weighted by Crippen LogP contribution is 2.30. The number of hydrogen-bond donors (Lipinski definition) is 1. The van der Waals surface area contributed by atoms with Crippen LogP contribution in [0, 0.1) is 5.92 Å². The molecule has 0 amide bonds. The summed E-state index contributed by atoms with van der Waals surface area (Å²) in [5, 5.41) is 2.72. The Morgan fingerprint density at radius 3 is 2.42 bits per heavy atom. The molecule has 4 nitrogen and oxygen atoms in total. The van der Waals surface area contributed by atoms with E-state index in [4.69, 9.17) is 0 Å². The maximum absolute atomic E-state index is 12.8. The Bertz CT molecular complexity index is 418. The highest BCUT2D eigenvalue weighted by Gasteiger charge is 2.34. The van der Waals surface area contributed by atoms with E-state index >= 15 is 0 Å². The van der Waals surface area contributed by atoms with Crippen LogP contribution >= 0.6 is 0 Å². The summed E-state index contributed by atoms with van der Waals surface area (Å²) in [4.78, 5) is 9.27. The van der Waals surface area contributed by atoms with Crippen LogP contribution in [0.3, 0.4) is 0 Å². The van der Waals surface area contributed by atoms with Gasteiger partial charge in [-0.05, 0) is 12.8 Å². The van der Waals surface area contributed by atoms with Gasteiger partial charge in [-0.3, -0.25) is 0 Å². The maximum atomic E-state index is 12.8. The van der Waals surface area contributed by atoms with Crippen molar-refractivity contribution in [3.8, 4) is 0 Å². The first kappa shape index (κ1) is 15.5. The van der Waals surface area contributed by atoms with E-state index in [1.54, 1.807) is 18.9 Å². The second kappa shape index (κ2) is 6.08. The summed E-state index contributed by atoms with van der Waals surface area (Å²) in [5.41, 5.74) is -0.927. The summed E-state index contributed by atoms with van der Waals surface area (Å²) >= 11 is 0. The zero-order valence-electron chi connectivity index (χ0n) is 11.5. The van der Waals surface area contributed by atoms with Crippen molar-refractivity contribution in [2.75, 3.05) is 30.4 Å². The number of alkyl halides is 3. The van der Waals surface area contributed by atoms with Crippen LogP contribution in [-0.2, 0) is 6.18 Å². The third kappa shape index (κ3) is 4.57. The van der Waals surface area contributed by atoms with Gasteiger partial charge < -0.3 is 10.2 Å². The average Bonchev–Trinajstić information content (AvgIpc) is 2.27. The summed E-state index contributed by atoms with van der Waals surface area (Å²) in [6, 6.07) is 0.975. The van der Waals surface area contributed by atoms with Crippen molar-refractivity contribution < 1.29 is 13.2 Å². The van der Waals surface area contributed by atoms with E-state index in [0.717, 1.165) is 6.07 Å². The molecule has 0 saturated carbocycles. The molecule has 1 heterocycles. The van der Waals surface area contributed by atoms with Crippen molar-refractivity contribution in [3.05, 3.63) is 11.8 Å². The van der Waals surface area contributed by atoms with E-state index in [-0.39, 0.29) is 11.8 Å². The van der Waals surface area contributed by atoms with Crippen LogP contribution in [0.15, 0.2) is 6.07 Å². The van der Waals surface area contributed by atoms with E-state index < -0.39 is 11.9 Å². The fourth-order valence-corrected chi connectivity index (χ4v) is 1.65. The number of rotatable bonds is 5. The molecule has 0 radical (unpaired) electrons. The van der Waals surface area contributed by atoms with Crippen molar-refractivity contribution in [2.24, 2.45) is 5.92 Å². The topological polar surface area (TPSA) is 41.1 Å². The van der Waals surface area contributed by atoms with Gasteiger partial charge in [0, 0.05) is 26.2 Å². The number of anilines is 2. The molecule has 0 atom stereocenters. The van der Waals surface area contributed by atoms with Crippen LogP contribution in [0.2, 0.25) is 0 Å². The molecule has 1 aromatic heterocycles. The summed E-state index contributed by atoms with van der Waals surface area (Å²) in [5.74, 6) is 0.604. The SMILES string of the molecule is CCNc1nc(N(C)CC(C)C)cc(C(F)(F)F)n1. The molecule has 7 heteroatoms. The molecule has 0 fully saturated rings. The van der Waals surface area contributed by atoms with Gasteiger partial charge in [-0.1, -0.05) is 13.8 Å². The molecule has 0 aliphatic carbocycles. The molecule has 0 bridgehead atoms. The lowest BCUT2D eigenvalue weighted by molar-refractivity contribution is -0.141. The van der Waals surface area contributed by atoms with E-state index in [1.165, 1.54) is 0 Å². The Morgan fingerprint density at radius 1 is 1.32 bits per heavy atom. The van der Waals surface area contributed by atoms with Crippen LogP contribution < -0.4 is 10.2 Å². The standard InChI is InChI=1S/C12H19F3N4/c1-5-16-11-17-9(12(13,14)15)6-10(18-11)19(4)7-8(2)3/h6,8H,5,7H2,1-4H3,(H,16,17,18). The molecule has 0 aliphatic heterocycles. The Kier molecular flexibility index (Phi) is 4.97. The van der Waals surface area contributed by atoms with Crippen molar-refractivity contribution in [1.82, 2.24) is 9.97 Å². The van der Waals surface area contributed by atoms with Crippen molar-refractivity contribution in [1.29, 1.82) is 0 Å². The Balaban J connectivity index is 3.12. The molecule has 0 aliphatic rings. The monoisotopic (exact) mass is 276 g/mol. The van der Waals surface area contributed by atoms with Gasteiger partial charge >= 0.3 is 6.18 Å². The van der Waals surface area contributed by atoms with Gasteiger partial charge in [0.05, 0.1) is 0 Å². The van der Waals surface area contributed by atoms with Crippen molar-refractivity contribution >= 4 is 11.8 Å². The Labute approximate surface area is 111 Å². The number of aromatic nitrogens is 2. The zero-order chi connectivity index (χ0) is 14.6. The molecule has 1 aromatic rings. The van der Waals surface area contributed by atoms with E-state index in [9.17, 15) is 13.2 Å². The van der Waals surface area contributed by atoms with Crippen LogP contribution in [0.1, 0.15) is 26.5 Å². The molecule has 0 aromatic carbocycles. The lowest BCUT2D eigenvalue weighted by Gasteiger charge is -2.21. The van der Waals surface area contributed by atoms with E-state index in [0.29, 0.717) is 19.0 Å². The fraction of sp³-hybridized carbons (Fsp3) is 0.667. The lowest BCUT2D eigenvalue weighted by atomic mass is 10.2. The van der Waals surface area contributed by atoms with E-state index in [2.05, 4.69) is 15.3 Å². The Hall–Kier alpha value is -1.53. The minimum Gasteiger partial charge on any atom is -0.359 e. The molecule has 108 valence electrons. The normalized spacial score (nSPS) is 11.8. The van der Waals surface area contributed by atoms with Gasteiger partial charge in [0.1, 0.15) is 5.82 Å². The molecule has 1 N–H and O–H groups in total. The fourth-order valence-electron chi connectivity index (χ4n) is 1.65. The molecule has 0 saturated heterocycles. The third-order valence-corrected chi connectivity index (χ3v) is 2.37. The predicted molar refractivity (Wildman–Crippen MR) is 69.3 cm³/mol. The molecule has 0 spiro atoms. The first-order chi connectivity index (χ1) is 8.74. The summed E-state index contributed by atoms with van der Waals surface area (Å²) < 4.78 is 38.3. The second-order valence-corrected chi connectivity index (χ2v) is 4.74. The highest BCUT2D eigenvalue weighted by molar-refractivity contribution is 5.45. The molecule has 1 rings (SSSR count). The van der Waals surface area contributed by atoms with Gasteiger partial charge in [-0.2, -0.15) is 18.2 Å². The average molecular weight is 276 g/mol. The minimum atomic E-state index is -4.47. The Morgan fingerprint density at radius 2 is 1.95 bits per heavy atom. The smallest absolute Gasteiger partial charge is 0.359 e. The van der Waals surface area contributed by atoms with Gasteiger partial charge in [0.15, 0.2) is 5.69 Å². The minimum absolute atomic E-state index is 0.00271. The van der Waals surface area contributed by atoms with Crippen LogP contribution in [-0.4, -0.2) is 30.1 Å². The first-order valence-electron chi connectivity index (χ1n) is 6.15. The quantitative estimate of drug-likeness (QED) is 0.897. The maximum Gasteiger partial charge on any atom is 0.433 e. The van der Waals surface area contributed by atoms with E-state index in [1.807, 2.05) is 13.8 Å². The highest BCUT2D eigenvalue weighted by atomic mass is 19.4. The summed E-state index contributed by atoms with van der Waals surface area (Å²) in [6.45, 7) is 6.86. The summed E-state index contributed by atoms with van der Waals surface area (Å²) in [6.07, 6.45) is -4.47. The van der Waals surface area contributed by atoms with Gasteiger partial charge in [0.25, 0.3) is 0 Å². The first-order valence-corrected chi connectivity index (χ1v) is 6.15. The van der Waals surface area contributed by atoms with Crippen LogP contribution in [0.25, 0.3) is 0 Å². The lowest BCUT2D eigenvalue weighted by Crippen LogP contribution is -2.25. The molecule has 0 unspecified atom stereocenters. The largest absolute Gasteiger partial charge is 0.433 e. The molecular formula is C12H19F3N4. The van der Waals surface area contributed by atoms with Gasteiger partial charge in [0.2, 0.25) is 5.95 Å². The predicted octanol–water partition coefficient (Wildman–Crippen LogP) is 3.02. The molecule has 19 heavy (non-hydrogen) atoms. The van der Waals surface area contributed by atoms with Crippen LogP contribution in [0.4, 0.5) is 24.9 Å². The number of halogens is 3. The summed E-state index contributed by atoms with van der Waals surface area (Å²) in [7, 11) is 1.72. The number of nitrogens with zero attached hydrogens (tertiary/aromatic N) is 3. The van der Waals surface area contributed by atoms with Crippen molar-refractivity contribution in [3.63, 3.8) is 0 Å². The molecular weight excluding hydrogens is 257 g/mol. The number of nitrogens with one attached hydrogen (secondary N) is 1. The van der Waals surface area contributed by atoms with Crippen molar-refractivity contribution in [2.45, 2.75) is 26.9 Å². The van der Waals surface area contributed by atoms with Crippen LogP contribution in [0.5, 0.6) is 0 Å². The van der Waals surface area contributed by atoms with Gasteiger partial charge in [-0.15, -0.1) is 0 Å². The number of hydrogen-bond acceptors (Lipinski definition) is 4.